The lowest BCUT2D eigenvalue weighted by Gasteiger charge is -1.98. The van der Waals surface area contributed by atoms with E-state index in [9.17, 15) is 14.3 Å². The summed E-state index contributed by atoms with van der Waals surface area (Å²) in [4.78, 5) is 10.8. The molecule has 0 aliphatic heterocycles. The van der Waals surface area contributed by atoms with Crippen molar-refractivity contribution in [1.82, 2.24) is 0 Å². The Morgan fingerprint density at radius 2 is 2.21 bits per heavy atom. The molecule has 1 aromatic carbocycles. The maximum absolute atomic E-state index is 13.3. The highest BCUT2D eigenvalue weighted by atomic mass is 32.1. The lowest BCUT2D eigenvalue weighted by molar-refractivity contribution is -0.254. The number of carboxylic acids is 1. The van der Waals surface area contributed by atoms with Crippen LogP contribution in [-0.4, -0.2) is 5.97 Å². The van der Waals surface area contributed by atoms with Crippen LogP contribution in [0.15, 0.2) is 18.2 Å². The van der Waals surface area contributed by atoms with Gasteiger partial charge >= 0.3 is 0 Å². The lowest BCUT2D eigenvalue weighted by Crippen LogP contribution is -2.21. The number of halogens is 1. The third-order valence-electron chi connectivity index (χ3n) is 2.09. The SMILES string of the molecule is Cc1c(C(=O)[O-])sc2cccc(F)c12. The summed E-state index contributed by atoms with van der Waals surface area (Å²) in [5, 5.41) is 11.1. The van der Waals surface area contributed by atoms with Gasteiger partial charge in [0, 0.05) is 10.1 Å². The van der Waals surface area contributed by atoms with E-state index in [1.165, 1.54) is 6.07 Å². The summed E-state index contributed by atoms with van der Waals surface area (Å²) in [7, 11) is 0. The second-order valence-corrected chi connectivity index (χ2v) is 4.01. The second-order valence-electron chi connectivity index (χ2n) is 2.96. The van der Waals surface area contributed by atoms with Crippen LogP contribution in [0.1, 0.15) is 15.2 Å². The topological polar surface area (TPSA) is 40.1 Å². The van der Waals surface area contributed by atoms with Gasteiger partial charge in [-0.2, -0.15) is 0 Å². The predicted molar refractivity (Wildman–Crippen MR) is 50.9 cm³/mol. The molecule has 0 aliphatic carbocycles. The maximum Gasteiger partial charge on any atom is 0.132 e. The molecule has 0 N–H and O–H groups in total. The number of aryl methyl sites for hydroxylation is 1. The van der Waals surface area contributed by atoms with E-state index in [0.29, 0.717) is 15.6 Å². The van der Waals surface area contributed by atoms with Crippen LogP contribution in [-0.2, 0) is 0 Å². The molecule has 0 fully saturated rings. The Kier molecular flexibility index (Phi) is 2.00. The minimum atomic E-state index is -1.25. The highest BCUT2D eigenvalue weighted by Gasteiger charge is 2.11. The molecule has 4 heteroatoms. The first-order valence-electron chi connectivity index (χ1n) is 4.00. The minimum absolute atomic E-state index is 0.102. The van der Waals surface area contributed by atoms with Gasteiger partial charge < -0.3 is 9.90 Å². The van der Waals surface area contributed by atoms with E-state index < -0.39 is 5.97 Å². The molecule has 1 heterocycles. The van der Waals surface area contributed by atoms with E-state index in [-0.39, 0.29) is 10.7 Å². The van der Waals surface area contributed by atoms with Crippen LogP contribution in [0.5, 0.6) is 0 Å². The maximum atomic E-state index is 13.3. The molecule has 2 nitrogen and oxygen atoms in total. The number of fused-ring (bicyclic) bond motifs is 1. The van der Waals surface area contributed by atoms with Gasteiger partial charge in [-0.25, -0.2) is 4.39 Å². The zero-order chi connectivity index (χ0) is 10.3. The van der Waals surface area contributed by atoms with Crippen molar-refractivity contribution in [2.75, 3.05) is 0 Å². The fraction of sp³-hybridized carbons (Fsp3) is 0.100. The van der Waals surface area contributed by atoms with Gasteiger partial charge in [0.15, 0.2) is 0 Å². The van der Waals surface area contributed by atoms with Crippen LogP contribution in [0.3, 0.4) is 0 Å². The Morgan fingerprint density at radius 3 is 2.79 bits per heavy atom. The molecule has 1 aromatic heterocycles. The van der Waals surface area contributed by atoms with E-state index in [4.69, 9.17) is 0 Å². The Morgan fingerprint density at radius 1 is 1.50 bits per heavy atom. The molecule has 2 aromatic rings. The van der Waals surface area contributed by atoms with Crippen LogP contribution in [0.25, 0.3) is 10.1 Å². The molecule has 2 rings (SSSR count). The largest absolute Gasteiger partial charge is 0.544 e. The molecule has 0 amide bonds. The predicted octanol–water partition coefficient (Wildman–Crippen LogP) is 1.71. The summed E-state index contributed by atoms with van der Waals surface area (Å²) in [6, 6.07) is 4.58. The van der Waals surface area contributed by atoms with Crippen LogP contribution in [0.2, 0.25) is 0 Å². The minimum Gasteiger partial charge on any atom is -0.544 e. The van der Waals surface area contributed by atoms with Crippen molar-refractivity contribution in [3.8, 4) is 0 Å². The molecule has 0 atom stereocenters. The normalized spacial score (nSPS) is 10.7. The zero-order valence-electron chi connectivity index (χ0n) is 7.33. The van der Waals surface area contributed by atoms with Gasteiger partial charge in [-0.3, -0.25) is 0 Å². The molecular formula is C10H6FO2S-. The highest BCUT2D eigenvalue weighted by Crippen LogP contribution is 2.31. The second kappa shape index (κ2) is 3.06. The average molecular weight is 209 g/mol. The van der Waals surface area contributed by atoms with Crippen molar-refractivity contribution >= 4 is 27.4 Å². The van der Waals surface area contributed by atoms with Crippen LogP contribution < -0.4 is 5.11 Å². The fourth-order valence-corrected chi connectivity index (χ4v) is 2.51. The molecule has 0 radical (unpaired) electrons. The fourth-order valence-electron chi connectivity index (χ4n) is 1.45. The summed E-state index contributed by atoms with van der Waals surface area (Å²) in [5.41, 5.74) is 0.447. The van der Waals surface area contributed by atoms with E-state index in [1.54, 1.807) is 19.1 Å². The third kappa shape index (κ3) is 1.19. The van der Waals surface area contributed by atoms with Crippen molar-refractivity contribution in [2.24, 2.45) is 0 Å². The van der Waals surface area contributed by atoms with Crippen LogP contribution in [0.4, 0.5) is 4.39 Å². The quantitative estimate of drug-likeness (QED) is 0.717. The van der Waals surface area contributed by atoms with Gasteiger partial charge in [0.25, 0.3) is 0 Å². The molecule has 0 spiro atoms. The summed E-state index contributed by atoms with van der Waals surface area (Å²) < 4.78 is 14.0. The highest BCUT2D eigenvalue weighted by molar-refractivity contribution is 7.21. The summed E-state index contributed by atoms with van der Waals surface area (Å²) >= 11 is 1.04. The Bertz CT molecular complexity index is 516. The first-order chi connectivity index (χ1) is 6.61. The van der Waals surface area contributed by atoms with Gasteiger partial charge in [0.1, 0.15) is 5.82 Å². The number of benzene rings is 1. The summed E-state index contributed by atoms with van der Waals surface area (Å²) in [5.74, 6) is -1.63. The number of hydrogen-bond acceptors (Lipinski definition) is 3. The van der Waals surface area contributed by atoms with Crippen LogP contribution >= 0.6 is 11.3 Å². The summed E-state index contributed by atoms with van der Waals surface area (Å²) in [6.45, 7) is 1.59. The van der Waals surface area contributed by atoms with Gasteiger partial charge in [0.05, 0.1) is 10.8 Å². The van der Waals surface area contributed by atoms with Crippen molar-refractivity contribution in [3.63, 3.8) is 0 Å². The molecule has 0 saturated heterocycles. The number of carbonyl (C=O) groups excluding carboxylic acids is 1. The average Bonchev–Trinajstić information content (AvgIpc) is 2.45. The van der Waals surface area contributed by atoms with Crippen molar-refractivity contribution in [3.05, 3.63) is 34.5 Å². The first-order valence-corrected chi connectivity index (χ1v) is 4.82. The molecule has 14 heavy (non-hydrogen) atoms. The van der Waals surface area contributed by atoms with Gasteiger partial charge in [-0.1, -0.05) is 6.07 Å². The lowest BCUT2D eigenvalue weighted by atomic mass is 10.1. The van der Waals surface area contributed by atoms with Gasteiger partial charge in [-0.05, 0) is 24.6 Å². The van der Waals surface area contributed by atoms with Gasteiger partial charge in [0.2, 0.25) is 0 Å². The number of thiophene rings is 1. The van der Waals surface area contributed by atoms with Gasteiger partial charge in [-0.15, -0.1) is 11.3 Å². The van der Waals surface area contributed by atoms with E-state index >= 15 is 0 Å². The number of hydrogen-bond donors (Lipinski definition) is 0. The van der Waals surface area contributed by atoms with E-state index in [1.807, 2.05) is 0 Å². The molecule has 0 bridgehead atoms. The van der Waals surface area contributed by atoms with Crippen molar-refractivity contribution in [2.45, 2.75) is 6.92 Å². The van der Waals surface area contributed by atoms with Crippen molar-refractivity contribution in [1.29, 1.82) is 0 Å². The zero-order valence-corrected chi connectivity index (χ0v) is 8.15. The molecular weight excluding hydrogens is 203 g/mol. The summed E-state index contributed by atoms with van der Waals surface area (Å²) in [6.07, 6.45) is 0. The number of carbonyl (C=O) groups is 1. The van der Waals surface area contributed by atoms with Crippen molar-refractivity contribution < 1.29 is 14.3 Å². The Labute approximate surface area is 83.6 Å². The first kappa shape index (κ1) is 9.15. The monoisotopic (exact) mass is 209 g/mol. The van der Waals surface area contributed by atoms with Crippen LogP contribution in [0, 0.1) is 12.7 Å². The molecule has 0 aliphatic rings. The number of aromatic carboxylic acids is 1. The molecule has 72 valence electrons. The third-order valence-corrected chi connectivity index (χ3v) is 3.33. The molecule has 0 unspecified atom stereocenters. The number of rotatable bonds is 1. The Balaban J connectivity index is 2.87. The smallest absolute Gasteiger partial charge is 0.132 e. The molecule has 0 saturated carbocycles. The van der Waals surface area contributed by atoms with E-state index in [0.717, 1.165) is 11.3 Å². The van der Waals surface area contributed by atoms with E-state index in [2.05, 4.69) is 0 Å². The Hall–Kier alpha value is -1.42. The number of carboxylic acid groups (broad SMARTS) is 1. The standard InChI is InChI=1S/C10H7FO2S/c1-5-8-6(11)3-2-4-7(8)14-9(5)10(12)13/h2-4H,1H3,(H,12,13)/p-1.